The van der Waals surface area contributed by atoms with Crippen LogP contribution in [-0.4, -0.2) is 9.78 Å². The van der Waals surface area contributed by atoms with Gasteiger partial charge in [0, 0.05) is 23.7 Å². The highest BCUT2D eigenvalue weighted by Crippen LogP contribution is 2.35. The molecule has 0 saturated carbocycles. The van der Waals surface area contributed by atoms with E-state index >= 15 is 0 Å². The fraction of sp³-hybridized carbons (Fsp3) is 0.0741. The topological polar surface area (TPSA) is 87.2 Å². The number of aromatic amines is 1. The largest absolute Gasteiger partial charge is 0.294 e. The van der Waals surface area contributed by atoms with E-state index in [-0.39, 0.29) is 11.2 Å². The van der Waals surface area contributed by atoms with Crippen LogP contribution < -0.4 is 5.56 Å². The average molecular weight is 449 g/mol. The van der Waals surface area contributed by atoms with E-state index in [1.807, 2.05) is 61.5 Å². The molecule has 0 spiro atoms. The van der Waals surface area contributed by atoms with Gasteiger partial charge in [0.15, 0.2) is 5.69 Å². The van der Waals surface area contributed by atoms with Gasteiger partial charge in [-0.3, -0.25) is 14.6 Å². The third kappa shape index (κ3) is 4.59. The maximum Gasteiger partial charge on any atom is 0.294 e. The van der Waals surface area contributed by atoms with Gasteiger partial charge in [-0.05, 0) is 31.2 Å². The van der Waals surface area contributed by atoms with Crippen molar-refractivity contribution in [1.29, 1.82) is 0 Å². The standard InChI is InChI=1S/C27H24N6O/c1-5-21-22(6-2)24(17-16-23(21)29-28-20-14-12-18(3)13-15-20)30-31-26-25(32-33(4)27(26)34)19-10-8-7-9-11-19/h5-17,32H,1-2H2,3-4H3. The molecule has 0 unspecified atom stereocenters. The highest BCUT2D eigenvalue weighted by atomic mass is 16.1. The van der Waals surface area contributed by atoms with E-state index in [1.165, 1.54) is 4.68 Å². The number of hydrogen-bond donors (Lipinski definition) is 1. The lowest BCUT2D eigenvalue weighted by Gasteiger charge is -2.07. The number of nitrogens with zero attached hydrogens (tertiary/aromatic N) is 5. The normalized spacial score (nSPS) is 11.4. The molecular formula is C27H24N6O. The highest BCUT2D eigenvalue weighted by Gasteiger charge is 2.15. The van der Waals surface area contributed by atoms with Crippen molar-refractivity contribution in [3.8, 4) is 11.3 Å². The van der Waals surface area contributed by atoms with E-state index in [1.54, 1.807) is 31.3 Å². The molecule has 0 saturated heterocycles. The van der Waals surface area contributed by atoms with Gasteiger partial charge in [0.2, 0.25) is 0 Å². The summed E-state index contributed by atoms with van der Waals surface area (Å²) in [4.78, 5) is 12.7. The van der Waals surface area contributed by atoms with Gasteiger partial charge in [0.1, 0.15) is 0 Å². The van der Waals surface area contributed by atoms with Gasteiger partial charge in [-0.2, -0.15) is 5.11 Å². The summed E-state index contributed by atoms with van der Waals surface area (Å²) >= 11 is 0. The first kappa shape index (κ1) is 22.5. The van der Waals surface area contributed by atoms with Crippen molar-refractivity contribution in [2.75, 3.05) is 0 Å². The molecule has 0 aliphatic rings. The second-order valence-corrected chi connectivity index (χ2v) is 7.64. The molecule has 7 heteroatoms. The zero-order valence-electron chi connectivity index (χ0n) is 19.1. The van der Waals surface area contributed by atoms with E-state index in [4.69, 9.17) is 0 Å². The molecule has 0 atom stereocenters. The maximum atomic E-state index is 12.7. The van der Waals surface area contributed by atoms with Crippen LogP contribution in [0.4, 0.5) is 22.7 Å². The minimum absolute atomic E-state index is 0.229. The summed E-state index contributed by atoms with van der Waals surface area (Å²) in [6.07, 6.45) is 3.36. The van der Waals surface area contributed by atoms with Gasteiger partial charge in [0.25, 0.3) is 5.56 Å². The first-order valence-corrected chi connectivity index (χ1v) is 10.7. The van der Waals surface area contributed by atoms with Crippen LogP contribution in [0.5, 0.6) is 0 Å². The Balaban J connectivity index is 1.73. The van der Waals surface area contributed by atoms with Crippen molar-refractivity contribution < 1.29 is 0 Å². The number of aromatic nitrogens is 2. The van der Waals surface area contributed by atoms with Crippen molar-refractivity contribution >= 4 is 34.9 Å². The van der Waals surface area contributed by atoms with Crippen LogP contribution in [0.15, 0.2) is 105 Å². The summed E-state index contributed by atoms with van der Waals surface area (Å²) in [5.41, 5.74) is 5.92. The van der Waals surface area contributed by atoms with Crippen molar-refractivity contribution in [3.05, 3.63) is 107 Å². The summed E-state index contributed by atoms with van der Waals surface area (Å²) in [6, 6.07) is 20.9. The average Bonchev–Trinajstić information content (AvgIpc) is 3.15. The van der Waals surface area contributed by atoms with Gasteiger partial charge in [-0.25, -0.2) is 0 Å². The SMILES string of the molecule is C=Cc1c(N=Nc2ccc(C)cc2)ccc(N=Nc2c(-c3ccccc3)[nH]n(C)c2=O)c1C=C. The van der Waals surface area contributed by atoms with E-state index in [2.05, 4.69) is 38.7 Å². The van der Waals surface area contributed by atoms with Gasteiger partial charge >= 0.3 is 0 Å². The van der Waals surface area contributed by atoms with Crippen molar-refractivity contribution in [2.45, 2.75) is 6.92 Å². The first-order chi connectivity index (χ1) is 16.5. The number of benzene rings is 3. The monoisotopic (exact) mass is 448 g/mol. The second-order valence-electron chi connectivity index (χ2n) is 7.64. The molecule has 34 heavy (non-hydrogen) atoms. The van der Waals surface area contributed by atoms with E-state index in [0.29, 0.717) is 22.6 Å². The number of rotatable bonds is 7. The lowest BCUT2D eigenvalue weighted by atomic mass is 10.0. The summed E-state index contributed by atoms with van der Waals surface area (Å²) in [7, 11) is 1.65. The molecule has 0 fully saturated rings. The lowest BCUT2D eigenvalue weighted by Crippen LogP contribution is -2.10. The Morgan fingerprint density at radius 1 is 0.794 bits per heavy atom. The van der Waals surface area contributed by atoms with Crippen molar-refractivity contribution in [2.24, 2.45) is 27.5 Å². The summed E-state index contributed by atoms with van der Waals surface area (Å²) < 4.78 is 1.38. The Bertz CT molecular complexity index is 1460. The smallest absolute Gasteiger partial charge is 0.293 e. The molecule has 4 rings (SSSR count). The van der Waals surface area contributed by atoms with Crippen molar-refractivity contribution in [3.63, 3.8) is 0 Å². The number of aryl methyl sites for hydroxylation is 2. The van der Waals surface area contributed by atoms with Crippen LogP contribution in [-0.2, 0) is 7.05 Å². The maximum absolute atomic E-state index is 12.7. The molecular weight excluding hydrogens is 424 g/mol. The molecule has 0 amide bonds. The van der Waals surface area contributed by atoms with Gasteiger partial charge in [-0.1, -0.05) is 73.3 Å². The molecule has 1 heterocycles. The predicted molar refractivity (Wildman–Crippen MR) is 138 cm³/mol. The van der Waals surface area contributed by atoms with Crippen LogP contribution in [0, 0.1) is 6.92 Å². The number of hydrogen-bond acceptors (Lipinski definition) is 5. The summed E-state index contributed by atoms with van der Waals surface area (Å²) in [5, 5.41) is 20.5. The molecule has 3 aromatic carbocycles. The fourth-order valence-corrected chi connectivity index (χ4v) is 3.48. The molecule has 4 aromatic rings. The first-order valence-electron chi connectivity index (χ1n) is 10.7. The molecule has 0 bridgehead atoms. The van der Waals surface area contributed by atoms with E-state index in [9.17, 15) is 4.79 Å². The van der Waals surface area contributed by atoms with Crippen LogP contribution in [0.1, 0.15) is 16.7 Å². The Kier molecular flexibility index (Phi) is 6.54. The Labute approximate surface area is 197 Å². The van der Waals surface area contributed by atoms with Gasteiger partial charge < -0.3 is 0 Å². The fourth-order valence-electron chi connectivity index (χ4n) is 3.48. The number of azo groups is 2. The summed E-state index contributed by atoms with van der Waals surface area (Å²) in [6.45, 7) is 9.86. The Morgan fingerprint density at radius 2 is 1.38 bits per heavy atom. The minimum atomic E-state index is -0.268. The summed E-state index contributed by atoms with van der Waals surface area (Å²) in [5.74, 6) is 0. The van der Waals surface area contributed by atoms with Crippen LogP contribution in [0.3, 0.4) is 0 Å². The Morgan fingerprint density at radius 3 is 1.97 bits per heavy atom. The van der Waals surface area contributed by atoms with E-state index < -0.39 is 0 Å². The molecule has 1 N–H and O–H groups in total. The third-order valence-corrected chi connectivity index (χ3v) is 5.30. The molecule has 168 valence electrons. The van der Waals surface area contributed by atoms with Crippen molar-refractivity contribution in [1.82, 2.24) is 9.78 Å². The second kappa shape index (κ2) is 9.87. The zero-order valence-corrected chi connectivity index (χ0v) is 19.1. The molecule has 0 aliphatic carbocycles. The molecule has 0 aliphatic heterocycles. The van der Waals surface area contributed by atoms with Crippen LogP contribution in [0.2, 0.25) is 0 Å². The number of H-pyrrole nitrogens is 1. The molecule has 7 nitrogen and oxygen atoms in total. The van der Waals surface area contributed by atoms with Crippen LogP contribution in [0.25, 0.3) is 23.4 Å². The number of nitrogens with one attached hydrogen (secondary N) is 1. The highest BCUT2D eigenvalue weighted by molar-refractivity contribution is 5.80. The van der Waals surface area contributed by atoms with Crippen LogP contribution >= 0.6 is 0 Å². The molecule has 1 aromatic heterocycles. The van der Waals surface area contributed by atoms with E-state index in [0.717, 1.165) is 22.4 Å². The van der Waals surface area contributed by atoms with Gasteiger partial charge in [-0.15, -0.1) is 15.3 Å². The Hall–Kier alpha value is -4.65. The molecule has 0 radical (unpaired) electrons. The quantitative estimate of drug-likeness (QED) is 0.287. The van der Waals surface area contributed by atoms with Gasteiger partial charge in [0.05, 0.1) is 22.8 Å². The minimum Gasteiger partial charge on any atom is -0.293 e. The zero-order chi connectivity index (χ0) is 24.1. The predicted octanol–water partition coefficient (Wildman–Crippen LogP) is 7.81. The third-order valence-electron chi connectivity index (χ3n) is 5.30. The lowest BCUT2D eigenvalue weighted by molar-refractivity contribution is 0.742.